The van der Waals surface area contributed by atoms with E-state index in [1.165, 1.54) is 5.56 Å². The largest absolute Gasteiger partial charge is 0.494 e. The molecule has 0 amide bonds. The first kappa shape index (κ1) is 21.0. The van der Waals surface area contributed by atoms with E-state index in [1.54, 1.807) is 7.05 Å². The van der Waals surface area contributed by atoms with Crippen molar-refractivity contribution in [1.29, 1.82) is 0 Å². The number of hydrogen-bond donors (Lipinski definition) is 2. The van der Waals surface area contributed by atoms with Gasteiger partial charge in [0.05, 0.1) is 6.61 Å². The highest BCUT2D eigenvalue weighted by atomic mass is 127. The van der Waals surface area contributed by atoms with Gasteiger partial charge >= 0.3 is 0 Å². The van der Waals surface area contributed by atoms with Gasteiger partial charge in [-0.05, 0) is 44.9 Å². The normalized spacial score (nSPS) is 11.6. The number of hydrogen-bond acceptors (Lipinski definition) is 2. The molecule has 0 spiro atoms. The molecule has 0 atom stereocenters. The molecule has 126 valence electrons. The van der Waals surface area contributed by atoms with Gasteiger partial charge < -0.3 is 15.4 Å². The summed E-state index contributed by atoms with van der Waals surface area (Å²) in [5.74, 6) is 1.74. The summed E-state index contributed by atoms with van der Waals surface area (Å²) in [7, 11) is 1.78. The van der Waals surface area contributed by atoms with Gasteiger partial charge in [0.25, 0.3) is 0 Å². The molecule has 4 nitrogen and oxygen atoms in total. The molecule has 1 aromatic carbocycles. The Labute approximate surface area is 152 Å². The Morgan fingerprint density at radius 1 is 1.27 bits per heavy atom. The lowest BCUT2D eigenvalue weighted by molar-refractivity contribution is 0.309. The predicted octanol–water partition coefficient (Wildman–Crippen LogP) is 3.95. The highest BCUT2D eigenvalue weighted by molar-refractivity contribution is 14.0. The smallest absolute Gasteiger partial charge is 0.191 e. The molecule has 0 fully saturated rings. The molecular weight excluding hydrogens is 389 g/mol. The molecule has 1 rings (SSSR count). The standard InChI is InChI=1S/C17H29N3O.HI/c1-6-7-11-21-15-10-8-9-14(12-15)13-19-16(18-5)20-17(2,3)4;/h8-10,12H,6-7,11,13H2,1-5H3,(H2,18,19,20);1H. The maximum Gasteiger partial charge on any atom is 0.191 e. The second-order valence-electron chi connectivity index (χ2n) is 6.15. The van der Waals surface area contributed by atoms with Crippen LogP contribution in [0.15, 0.2) is 29.3 Å². The summed E-state index contributed by atoms with van der Waals surface area (Å²) in [4.78, 5) is 4.23. The SMILES string of the molecule is CCCCOc1cccc(CNC(=NC)NC(C)(C)C)c1.I. The highest BCUT2D eigenvalue weighted by Gasteiger charge is 2.11. The molecule has 0 saturated heterocycles. The lowest BCUT2D eigenvalue weighted by Gasteiger charge is -2.23. The van der Waals surface area contributed by atoms with Crippen LogP contribution in [0.3, 0.4) is 0 Å². The van der Waals surface area contributed by atoms with Crippen LogP contribution in [0.2, 0.25) is 0 Å². The number of nitrogens with one attached hydrogen (secondary N) is 2. The molecule has 0 aliphatic rings. The van der Waals surface area contributed by atoms with E-state index in [1.807, 2.05) is 12.1 Å². The van der Waals surface area contributed by atoms with Crippen LogP contribution in [-0.2, 0) is 6.54 Å². The van der Waals surface area contributed by atoms with Gasteiger partial charge in [-0.15, -0.1) is 24.0 Å². The third kappa shape index (κ3) is 9.12. The molecule has 0 aromatic heterocycles. The van der Waals surface area contributed by atoms with Crippen LogP contribution in [0, 0.1) is 0 Å². The Kier molecular flexibility index (Phi) is 10.2. The molecule has 5 heteroatoms. The Hall–Kier alpha value is -0.980. The van der Waals surface area contributed by atoms with Gasteiger partial charge in [-0.25, -0.2) is 0 Å². The summed E-state index contributed by atoms with van der Waals surface area (Å²) in [5, 5.41) is 6.66. The van der Waals surface area contributed by atoms with Gasteiger partial charge in [-0.1, -0.05) is 25.5 Å². The van der Waals surface area contributed by atoms with Crippen molar-refractivity contribution < 1.29 is 4.74 Å². The van der Waals surface area contributed by atoms with Crippen molar-refractivity contribution in [1.82, 2.24) is 10.6 Å². The third-order valence-electron chi connectivity index (χ3n) is 2.84. The summed E-state index contributed by atoms with van der Waals surface area (Å²) >= 11 is 0. The minimum atomic E-state index is -0.00699. The van der Waals surface area contributed by atoms with Gasteiger partial charge in [-0.2, -0.15) is 0 Å². The predicted molar refractivity (Wildman–Crippen MR) is 105 cm³/mol. The summed E-state index contributed by atoms with van der Waals surface area (Å²) in [6.45, 7) is 10.0. The Balaban J connectivity index is 0.00000441. The zero-order valence-corrected chi connectivity index (χ0v) is 16.7. The Morgan fingerprint density at radius 2 is 2.00 bits per heavy atom. The Bertz CT molecular complexity index is 455. The topological polar surface area (TPSA) is 45.6 Å². The fourth-order valence-corrected chi connectivity index (χ4v) is 1.80. The quantitative estimate of drug-likeness (QED) is 0.318. The number of nitrogens with zero attached hydrogens (tertiary/aromatic N) is 1. The first-order valence-electron chi connectivity index (χ1n) is 7.65. The minimum Gasteiger partial charge on any atom is -0.494 e. The summed E-state index contributed by atoms with van der Waals surface area (Å²) in [6.07, 6.45) is 2.24. The molecule has 0 radical (unpaired) electrons. The molecular formula is C17H30IN3O. The van der Waals surface area contributed by atoms with Crippen LogP contribution < -0.4 is 15.4 Å². The number of rotatable bonds is 6. The van der Waals surface area contributed by atoms with Gasteiger partial charge in [0.1, 0.15) is 5.75 Å². The lowest BCUT2D eigenvalue weighted by atomic mass is 10.1. The molecule has 0 bridgehead atoms. The number of guanidine groups is 1. The zero-order chi connectivity index (χ0) is 15.7. The molecule has 0 aliphatic heterocycles. The van der Waals surface area contributed by atoms with Crippen LogP contribution >= 0.6 is 24.0 Å². The van der Waals surface area contributed by atoms with Crippen molar-refractivity contribution in [3.05, 3.63) is 29.8 Å². The maximum atomic E-state index is 5.73. The average Bonchev–Trinajstić information content (AvgIpc) is 2.43. The second kappa shape index (κ2) is 10.7. The van der Waals surface area contributed by atoms with Crippen LogP contribution in [0.25, 0.3) is 0 Å². The van der Waals surface area contributed by atoms with Crippen LogP contribution in [0.5, 0.6) is 5.75 Å². The van der Waals surface area contributed by atoms with Gasteiger partial charge in [0, 0.05) is 19.1 Å². The van der Waals surface area contributed by atoms with Crippen molar-refractivity contribution in [2.24, 2.45) is 4.99 Å². The van der Waals surface area contributed by atoms with E-state index < -0.39 is 0 Å². The molecule has 0 unspecified atom stereocenters. The van der Waals surface area contributed by atoms with Crippen molar-refractivity contribution >= 4 is 29.9 Å². The fourth-order valence-electron chi connectivity index (χ4n) is 1.80. The van der Waals surface area contributed by atoms with Crippen LogP contribution in [-0.4, -0.2) is 25.2 Å². The van der Waals surface area contributed by atoms with Gasteiger partial charge in [0.2, 0.25) is 0 Å². The van der Waals surface area contributed by atoms with E-state index in [9.17, 15) is 0 Å². The number of unbranched alkanes of at least 4 members (excludes halogenated alkanes) is 1. The first-order chi connectivity index (χ1) is 9.94. The summed E-state index contributed by atoms with van der Waals surface area (Å²) in [5.41, 5.74) is 1.17. The molecule has 22 heavy (non-hydrogen) atoms. The lowest BCUT2D eigenvalue weighted by Crippen LogP contribution is -2.47. The van der Waals surface area contributed by atoms with E-state index in [-0.39, 0.29) is 29.5 Å². The number of benzene rings is 1. The molecule has 0 aliphatic carbocycles. The molecule has 1 aromatic rings. The van der Waals surface area contributed by atoms with E-state index >= 15 is 0 Å². The average molecular weight is 419 g/mol. The molecule has 2 N–H and O–H groups in total. The van der Waals surface area contributed by atoms with Crippen molar-refractivity contribution in [2.45, 2.75) is 52.6 Å². The number of halogens is 1. The summed E-state index contributed by atoms with van der Waals surface area (Å²) in [6, 6.07) is 8.19. The van der Waals surface area contributed by atoms with Crippen molar-refractivity contribution in [3.63, 3.8) is 0 Å². The minimum absolute atomic E-state index is 0. The molecule has 0 heterocycles. The van der Waals surface area contributed by atoms with Crippen molar-refractivity contribution in [2.75, 3.05) is 13.7 Å². The van der Waals surface area contributed by atoms with E-state index in [0.717, 1.165) is 37.7 Å². The zero-order valence-electron chi connectivity index (χ0n) is 14.4. The van der Waals surface area contributed by atoms with E-state index in [4.69, 9.17) is 4.74 Å². The van der Waals surface area contributed by atoms with Crippen LogP contribution in [0.1, 0.15) is 46.1 Å². The van der Waals surface area contributed by atoms with Crippen LogP contribution in [0.4, 0.5) is 0 Å². The van der Waals surface area contributed by atoms with E-state index in [0.29, 0.717) is 0 Å². The first-order valence-corrected chi connectivity index (χ1v) is 7.65. The van der Waals surface area contributed by atoms with Gasteiger partial charge in [0.15, 0.2) is 5.96 Å². The number of ether oxygens (including phenoxy) is 1. The summed E-state index contributed by atoms with van der Waals surface area (Å²) < 4.78 is 5.73. The fraction of sp³-hybridized carbons (Fsp3) is 0.588. The number of aliphatic imine (C=N–C) groups is 1. The second-order valence-corrected chi connectivity index (χ2v) is 6.15. The van der Waals surface area contributed by atoms with E-state index in [2.05, 4.69) is 55.5 Å². The monoisotopic (exact) mass is 419 g/mol. The highest BCUT2D eigenvalue weighted by Crippen LogP contribution is 2.13. The molecule has 0 saturated carbocycles. The van der Waals surface area contributed by atoms with Crippen molar-refractivity contribution in [3.8, 4) is 5.75 Å². The Morgan fingerprint density at radius 3 is 2.59 bits per heavy atom. The van der Waals surface area contributed by atoms with Gasteiger partial charge in [-0.3, -0.25) is 4.99 Å². The third-order valence-corrected chi connectivity index (χ3v) is 2.84. The maximum absolute atomic E-state index is 5.73.